The lowest BCUT2D eigenvalue weighted by Crippen LogP contribution is -2.41. The van der Waals surface area contributed by atoms with Gasteiger partial charge >= 0.3 is 5.97 Å². The molecule has 0 saturated carbocycles. The zero-order chi connectivity index (χ0) is 17.7. The van der Waals surface area contributed by atoms with Crippen molar-refractivity contribution >= 4 is 17.6 Å². The number of amides is 1. The van der Waals surface area contributed by atoms with Crippen molar-refractivity contribution in [2.75, 3.05) is 20.3 Å². The van der Waals surface area contributed by atoms with E-state index in [1.807, 2.05) is 13.8 Å². The number of esters is 1. The van der Waals surface area contributed by atoms with Gasteiger partial charge in [0.15, 0.2) is 0 Å². The first-order chi connectivity index (χ1) is 11.5. The zero-order valence-corrected chi connectivity index (χ0v) is 13.9. The molecule has 0 aromatic heterocycles. The van der Waals surface area contributed by atoms with Gasteiger partial charge in [0.2, 0.25) is 0 Å². The van der Waals surface area contributed by atoms with Gasteiger partial charge in [-0.3, -0.25) is 4.79 Å². The van der Waals surface area contributed by atoms with Gasteiger partial charge in [0, 0.05) is 30.0 Å². The van der Waals surface area contributed by atoms with Crippen molar-refractivity contribution in [3.05, 3.63) is 39.8 Å². The largest absolute Gasteiger partial charge is 0.467 e. The van der Waals surface area contributed by atoms with Gasteiger partial charge in [0.25, 0.3) is 5.91 Å². The predicted octanol–water partition coefficient (Wildman–Crippen LogP) is 2.73. The SMILES string of the molecule is CCO[C@@H]1C[C@@H](C(=O)OC)N(C(=O)c2ccc(C)cc2N=[N+]=[N-])C1. The van der Waals surface area contributed by atoms with Gasteiger partial charge in [-0.25, -0.2) is 4.79 Å². The number of carbonyl (C=O) groups is 2. The standard InChI is InChI=1S/C16H20N4O4/c1-4-24-11-8-14(16(22)23-3)20(9-11)15(21)12-6-5-10(2)7-13(12)18-19-17/h5-7,11,14H,4,8-9H2,1-3H3/t11-,14+/m1/s1. The Morgan fingerprint density at radius 3 is 2.83 bits per heavy atom. The van der Waals surface area contributed by atoms with E-state index in [-0.39, 0.29) is 29.8 Å². The van der Waals surface area contributed by atoms with E-state index < -0.39 is 12.0 Å². The van der Waals surface area contributed by atoms with Crippen LogP contribution >= 0.6 is 0 Å². The summed E-state index contributed by atoms with van der Waals surface area (Å²) >= 11 is 0. The number of aryl methyl sites for hydroxylation is 1. The number of carbonyl (C=O) groups excluding carboxylic acids is 2. The number of hydrogen-bond acceptors (Lipinski definition) is 5. The number of methoxy groups -OCH3 is 1. The molecule has 128 valence electrons. The Morgan fingerprint density at radius 2 is 2.21 bits per heavy atom. The summed E-state index contributed by atoms with van der Waals surface area (Å²) in [4.78, 5) is 29.1. The highest BCUT2D eigenvalue weighted by molar-refractivity contribution is 6.01. The molecule has 1 heterocycles. The van der Waals surface area contributed by atoms with Gasteiger partial charge in [-0.1, -0.05) is 16.7 Å². The Hall–Kier alpha value is -2.57. The number of rotatable bonds is 5. The summed E-state index contributed by atoms with van der Waals surface area (Å²) in [6.07, 6.45) is 0.158. The minimum Gasteiger partial charge on any atom is -0.467 e. The van der Waals surface area contributed by atoms with E-state index in [1.165, 1.54) is 12.0 Å². The molecule has 2 atom stereocenters. The number of ether oxygens (including phenoxy) is 2. The molecule has 1 saturated heterocycles. The van der Waals surface area contributed by atoms with Crippen LogP contribution in [0.4, 0.5) is 5.69 Å². The highest BCUT2D eigenvalue weighted by Gasteiger charge is 2.41. The van der Waals surface area contributed by atoms with Crippen molar-refractivity contribution < 1.29 is 19.1 Å². The van der Waals surface area contributed by atoms with Crippen LogP contribution in [0.2, 0.25) is 0 Å². The summed E-state index contributed by atoms with van der Waals surface area (Å²) in [6.45, 7) is 4.48. The van der Waals surface area contributed by atoms with E-state index in [0.717, 1.165) is 5.56 Å². The molecule has 0 bridgehead atoms. The lowest BCUT2D eigenvalue weighted by molar-refractivity contribution is -0.145. The molecule has 1 aromatic carbocycles. The molecule has 2 rings (SSSR count). The zero-order valence-electron chi connectivity index (χ0n) is 13.9. The smallest absolute Gasteiger partial charge is 0.328 e. The Balaban J connectivity index is 2.36. The Morgan fingerprint density at radius 1 is 1.46 bits per heavy atom. The van der Waals surface area contributed by atoms with Crippen LogP contribution in [0.1, 0.15) is 29.3 Å². The number of hydrogen-bond donors (Lipinski definition) is 0. The topological polar surface area (TPSA) is 105 Å². The van der Waals surface area contributed by atoms with E-state index in [1.54, 1.807) is 18.2 Å². The predicted molar refractivity (Wildman–Crippen MR) is 86.9 cm³/mol. The van der Waals surface area contributed by atoms with Crippen LogP contribution in [0.3, 0.4) is 0 Å². The fraction of sp³-hybridized carbons (Fsp3) is 0.500. The second kappa shape index (κ2) is 7.81. The molecule has 0 N–H and O–H groups in total. The van der Waals surface area contributed by atoms with Crippen molar-refractivity contribution in [1.29, 1.82) is 0 Å². The molecule has 8 heteroatoms. The summed E-state index contributed by atoms with van der Waals surface area (Å²) in [7, 11) is 1.29. The van der Waals surface area contributed by atoms with Crippen LogP contribution in [-0.4, -0.2) is 49.2 Å². The first kappa shape index (κ1) is 17.8. The van der Waals surface area contributed by atoms with E-state index in [9.17, 15) is 9.59 Å². The van der Waals surface area contributed by atoms with Crippen molar-refractivity contribution in [2.45, 2.75) is 32.4 Å². The molecule has 1 aromatic rings. The summed E-state index contributed by atoms with van der Waals surface area (Å²) in [5.74, 6) is -0.863. The molecule has 0 spiro atoms. The lowest BCUT2D eigenvalue weighted by Gasteiger charge is -2.23. The van der Waals surface area contributed by atoms with E-state index in [4.69, 9.17) is 15.0 Å². The molecule has 24 heavy (non-hydrogen) atoms. The minimum absolute atomic E-state index is 0.226. The van der Waals surface area contributed by atoms with Crippen LogP contribution in [0.15, 0.2) is 23.3 Å². The van der Waals surface area contributed by atoms with Crippen LogP contribution in [0, 0.1) is 6.92 Å². The molecule has 1 aliphatic rings. The maximum atomic E-state index is 12.9. The normalized spacial score (nSPS) is 19.7. The average Bonchev–Trinajstić information content (AvgIpc) is 2.98. The van der Waals surface area contributed by atoms with Crippen LogP contribution in [0.25, 0.3) is 10.4 Å². The lowest BCUT2D eigenvalue weighted by atomic mass is 10.1. The second-order valence-corrected chi connectivity index (χ2v) is 5.52. The number of likely N-dealkylation sites (tertiary alicyclic amines) is 1. The van der Waals surface area contributed by atoms with Gasteiger partial charge in [0.05, 0.1) is 18.9 Å². The molecular formula is C16H20N4O4. The summed E-state index contributed by atoms with van der Waals surface area (Å²) in [6, 6.07) is 4.28. The second-order valence-electron chi connectivity index (χ2n) is 5.52. The van der Waals surface area contributed by atoms with Crippen LogP contribution < -0.4 is 0 Å². The fourth-order valence-corrected chi connectivity index (χ4v) is 2.85. The Bertz CT molecular complexity index is 685. The summed E-state index contributed by atoms with van der Waals surface area (Å²) in [5.41, 5.74) is 10.1. The van der Waals surface area contributed by atoms with Crippen molar-refractivity contribution in [1.82, 2.24) is 4.90 Å². The molecule has 0 unspecified atom stereocenters. The van der Waals surface area contributed by atoms with Crippen LogP contribution in [-0.2, 0) is 14.3 Å². The van der Waals surface area contributed by atoms with E-state index in [0.29, 0.717) is 13.0 Å². The first-order valence-corrected chi connectivity index (χ1v) is 7.68. The van der Waals surface area contributed by atoms with Crippen molar-refractivity contribution in [3.63, 3.8) is 0 Å². The molecule has 1 fully saturated rings. The van der Waals surface area contributed by atoms with Gasteiger partial charge in [0.1, 0.15) is 6.04 Å². The number of benzene rings is 1. The minimum atomic E-state index is -0.709. The third-order valence-corrected chi connectivity index (χ3v) is 3.94. The molecule has 0 aliphatic carbocycles. The first-order valence-electron chi connectivity index (χ1n) is 7.68. The van der Waals surface area contributed by atoms with Crippen LogP contribution in [0.5, 0.6) is 0 Å². The summed E-state index contributed by atoms with van der Waals surface area (Å²) in [5, 5.41) is 3.59. The molecule has 8 nitrogen and oxygen atoms in total. The van der Waals surface area contributed by atoms with Crippen molar-refractivity contribution in [3.8, 4) is 0 Å². The number of nitrogens with zero attached hydrogens (tertiary/aromatic N) is 4. The maximum Gasteiger partial charge on any atom is 0.328 e. The molecule has 0 radical (unpaired) electrons. The number of azide groups is 1. The fourth-order valence-electron chi connectivity index (χ4n) is 2.85. The van der Waals surface area contributed by atoms with Gasteiger partial charge in [-0.2, -0.15) is 0 Å². The Labute approximate surface area is 140 Å². The third-order valence-electron chi connectivity index (χ3n) is 3.94. The van der Waals surface area contributed by atoms with Gasteiger partial charge < -0.3 is 14.4 Å². The van der Waals surface area contributed by atoms with Gasteiger partial charge in [-0.15, -0.1) is 0 Å². The van der Waals surface area contributed by atoms with E-state index >= 15 is 0 Å². The van der Waals surface area contributed by atoms with Crippen molar-refractivity contribution in [2.24, 2.45) is 5.11 Å². The maximum absolute atomic E-state index is 12.9. The van der Waals surface area contributed by atoms with E-state index in [2.05, 4.69) is 10.0 Å². The third kappa shape index (κ3) is 3.67. The Kier molecular flexibility index (Phi) is 5.78. The average molecular weight is 332 g/mol. The highest BCUT2D eigenvalue weighted by Crippen LogP contribution is 2.28. The molecule has 1 aliphatic heterocycles. The summed E-state index contributed by atoms with van der Waals surface area (Å²) < 4.78 is 10.4. The molecular weight excluding hydrogens is 312 g/mol. The quantitative estimate of drug-likeness (QED) is 0.358. The van der Waals surface area contributed by atoms with Gasteiger partial charge in [-0.05, 0) is 31.5 Å². The highest BCUT2D eigenvalue weighted by atomic mass is 16.5. The monoisotopic (exact) mass is 332 g/mol. The molecule has 1 amide bonds.